The number of nitrogens with zero attached hydrogens (tertiary/aromatic N) is 1. The summed E-state index contributed by atoms with van der Waals surface area (Å²) in [6, 6.07) is 10.2. The minimum Gasteiger partial charge on any atom is -0.369 e. The van der Waals surface area contributed by atoms with Crippen LogP contribution >= 0.6 is 0 Å². The van der Waals surface area contributed by atoms with E-state index in [2.05, 4.69) is 18.0 Å². The van der Waals surface area contributed by atoms with Crippen molar-refractivity contribution in [2.75, 3.05) is 6.54 Å². The Labute approximate surface area is 120 Å². The molecule has 3 nitrogen and oxygen atoms in total. The Balaban J connectivity index is 1.80. The Morgan fingerprint density at radius 2 is 2.20 bits per heavy atom. The predicted molar refractivity (Wildman–Crippen MR) is 81.3 cm³/mol. The molecular formula is C17H22N2O. The van der Waals surface area contributed by atoms with Gasteiger partial charge in [-0.25, -0.2) is 0 Å². The molecule has 3 rings (SSSR count). The van der Waals surface area contributed by atoms with Crippen LogP contribution in [0.4, 0.5) is 0 Å². The Hall–Kier alpha value is -1.45. The first-order chi connectivity index (χ1) is 9.72. The molecule has 0 spiro atoms. The summed E-state index contributed by atoms with van der Waals surface area (Å²) in [6.45, 7) is 3.51. The van der Waals surface area contributed by atoms with Crippen LogP contribution in [0.5, 0.6) is 0 Å². The van der Waals surface area contributed by atoms with Gasteiger partial charge in [0.1, 0.15) is 0 Å². The molecule has 2 unspecified atom stereocenters. The van der Waals surface area contributed by atoms with Crippen LogP contribution in [0.15, 0.2) is 36.5 Å². The van der Waals surface area contributed by atoms with E-state index in [1.165, 1.54) is 17.4 Å². The van der Waals surface area contributed by atoms with Crippen molar-refractivity contribution in [3.63, 3.8) is 0 Å². The number of hydrogen-bond donors (Lipinski definition) is 1. The highest BCUT2D eigenvalue weighted by Gasteiger charge is 2.37. The monoisotopic (exact) mass is 270 g/mol. The lowest BCUT2D eigenvalue weighted by Crippen LogP contribution is -2.38. The molecule has 0 radical (unpaired) electrons. The van der Waals surface area contributed by atoms with Crippen LogP contribution in [-0.2, 0) is 11.3 Å². The SMILES string of the molecule is CC1CCC(CN)(OCc2ccnc3ccccc23)C1. The third-order valence-corrected chi connectivity index (χ3v) is 4.46. The summed E-state index contributed by atoms with van der Waals surface area (Å²) < 4.78 is 6.25. The van der Waals surface area contributed by atoms with Crippen molar-refractivity contribution < 1.29 is 4.74 Å². The van der Waals surface area contributed by atoms with Crippen molar-refractivity contribution >= 4 is 10.9 Å². The standard InChI is InChI=1S/C17H22N2O/c1-13-6-8-17(10-13,12-18)20-11-14-7-9-19-16-5-3-2-4-15(14)16/h2-5,7,9,13H,6,8,10-12,18H2,1H3. The molecule has 20 heavy (non-hydrogen) atoms. The molecule has 2 aromatic rings. The maximum absolute atomic E-state index is 6.25. The van der Waals surface area contributed by atoms with Gasteiger partial charge >= 0.3 is 0 Å². The lowest BCUT2D eigenvalue weighted by molar-refractivity contribution is -0.0466. The number of nitrogens with two attached hydrogens (primary N) is 1. The lowest BCUT2D eigenvalue weighted by atomic mass is 10.0. The summed E-state index contributed by atoms with van der Waals surface area (Å²) >= 11 is 0. The van der Waals surface area contributed by atoms with Gasteiger partial charge in [0, 0.05) is 18.1 Å². The number of benzene rings is 1. The molecule has 0 bridgehead atoms. The van der Waals surface area contributed by atoms with Gasteiger partial charge < -0.3 is 10.5 Å². The first-order valence-corrected chi connectivity index (χ1v) is 7.39. The predicted octanol–water partition coefficient (Wildman–Crippen LogP) is 3.27. The molecule has 106 valence electrons. The quantitative estimate of drug-likeness (QED) is 0.927. The van der Waals surface area contributed by atoms with Crippen molar-refractivity contribution in [3.05, 3.63) is 42.1 Å². The fourth-order valence-corrected chi connectivity index (χ4v) is 3.24. The molecule has 0 amide bonds. The van der Waals surface area contributed by atoms with Gasteiger partial charge in [-0.1, -0.05) is 25.1 Å². The topological polar surface area (TPSA) is 48.1 Å². The largest absolute Gasteiger partial charge is 0.369 e. The van der Waals surface area contributed by atoms with E-state index in [9.17, 15) is 0 Å². The van der Waals surface area contributed by atoms with Crippen LogP contribution in [0, 0.1) is 5.92 Å². The molecule has 2 atom stereocenters. The van der Waals surface area contributed by atoms with Crippen LogP contribution in [0.2, 0.25) is 0 Å². The van der Waals surface area contributed by atoms with Crippen molar-refractivity contribution in [2.45, 2.75) is 38.4 Å². The molecule has 1 aliphatic rings. The number of hydrogen-bond acceptors (Lipinski definition) is 3. The minimum absolute atomic E-state index is 0.121. The van der Waals surface area contributed by atoms with Crippen LogP contribution < -0.4 is 5.73 Å². The van der Waals surface area contributed by atoms with Crippen LogP contribution in [0.25, 0.3) is 10.9 Å². The maximum Gasteiger partial charge on any atom is 0.0811 e. The highest BCUT2D eigenvalue weighted by molar-refractivity contribution is 5.81. The smallest absolute Gasteiger partial charge is 0.0811 e. The fraction of sp³-hybridized carbons (Fsp3) is 0.471. The summed E-state index contributed by atoms with van der Waals surface area (Å²) in [5, 5.41) is 1.17. The van der Waals surface area contributed by atoms with Gasteiger partial charge in [-0.15, -0.1) is 0 Å². The average molecular weight is 270 g/mol. The molecule has 1 aromatic carbocycles. The molecule has 1 heterocycles. The molecule has 0 saturated heterocycles. The van der Waals surface area contributed by atoms with E-state index in [4.69, 9.17) is 10.5 Å². The van der Waals surface area contributed by atoms with Gasteiger partial charge in [-0.05, 0) is 42.9 Å². The molecule has 1 saturated carbocycles. The van der Waals surface area contributed by atoms with Crippen molar-refractivity contribution in [3.8, 4) is 0 Å². The van der Waals surface area contributed by atoms with Gasteiger partial charge in [0.15, 0.2) is 0 Å². The minimum atomic E-state index is -0.121. The number of rotatable bonds is 4. The normalized spacial score (nSPS) is 26.2. The van der Waals surface area contributed by atoms with E-state index >= 15 is 0 Å². The van der Waals surface area contributed by atoms with Gasteiger partial charge in [-0.2, -0.15) is 0 Å². The number of ether oxygens (including phenoxy) is 1. The van der Waals surface area contributed by atoms with Gasteiger partial charge in [0.2, 0.25) is 0 Å². The second-order valence-corrected chi connectivity index (χ2v) is 6.01. The number of pyridine rings is 1. The molecule has 2 N–H and O–H groups in total. The summed E-state index contributed by atoms with van der Waals surface area (Å²) in [4.78, 5) is 4.39. The Bertz CT molecular complexity index is 593. The Morgan fingerprint density at radius 3 is 2.95 bits per heavy atom. The first-order valence-electron chi connectivity index (χ1n) is 7.39. The van der Waals surface area contributed by atoms with E-state index in [1.807, 2.05) is 30.5 Å². The second kappa shape index (κ2) is 5.51. The maximum atomic E-state index is 6.25. The van der Waals surface area contributed by atoms with Crippen LogP contribution in [-0.4, -0.2) is 17.1 Å². The van der Waals surface area contributed by atoms with E-state index in [0.29, 0.717) is 19.1 Å². The van der Waals surface area contributed by atoms with Crippen molar-refractivity contribution in [2.24, 2.45) is 11.7 Å². The van der Waals surface area contributed by atoms with E-state index in [1.54, 1.807) is 0 Å². The van der Waals surface area contributed by atoms with Gasteiger partial charge in [-0.3, -0.25) is 4.98 Å². The van der Waals surface area contributed by atoms with Crippen molar-refractivity contribution in [1.29, 1.82) is 0 Å². The zero-order valence-corrected chi connectivity index (χ0v) is 12.0. The van der Waals surface area contributed by atoms with E-state index < -0.39 is 0 Å². The zero-order valence-electron chi connectivity index (χ0n) is 12.0. The average Bonchev–Trinajstić information content (AvgIpc) is 2.87. The van der Waals surface area contributed by atoms with Crippen molar-refractivity contribution in [1.82, 2.24) is 4.98 Å². The Kier molecular flexibility index (Phi) is 3.72. The summed E-state index contributed by atoms with van der Waals surface area (Å²) in [7, 11) is 0. The summed E-state index contributed by atoms with van der Waals surface area (Å²) in [6.07, 6.45) is 5.22. The van der Waals surface area contributed by atoms with Crippen LogP contribution in [0.3, 0.4) is 0 Å². The molecule has 0 aliphatic heterocycles. The first kappa shape index (κ1) is 13.5. The number of aromatic nitrogens is 1. The van der Waals surface area contributed by atoms with Crippen LogP contribution in [0.1, 0.15) is 31.7 Å². The van der Waals surface area contributed by atoms with Gasteiger partial charge in [0.25, 0.3) is 0 Å². The highest BCUT2D eigenvalue weighted by Crippen LogP contribution is 2.37. The Morgan fingerprint density at radius 1 is 1.35 bits per heavy atom. The number of fused-ring (bicyclic) bond motifs is 1. The number of para-hydroxylation sites is 1. The fourth-order valence-electron chi connectivity index (χ4n) is 3.24. The molecule has 1 fully saturated rings. The summed E-state index contributed by atoms with van der Waals surface area (Å²) in [5.41, 5.74) is 8.07. The summed E-state index contributed by atoms with van der Waals surface area (Å²) in [5.74, 6) is 0.715. The van der Waals surface area contributed by atoms with E-state index in [-0.39, 0.29) is 5.60 Å². The molecule has 1 aliphatic carbocycles. The third kappa shape index (κ3) is 2.56. The molecule has 3 heteroatoms. The third-order valence-electron chi connectivity index (χ3n) is 4.46. The lowest BCUT2D eigenvalue weighted by Gasteiger charge is -2.28. The zero-order chi connectivity index (χ0) is 14.0. The highest BCUT2D eigenvalue weighted by atomic mass is 16.5. The van der Waals surface area contributed by atoms with E-state index in [0.717, 1.165) is 18.4 Å². The van der Waals surface area contributed by atoms with Gasteiger partial charge in [0.05, 0.1) is 17.7 Å². The molecule has 1 aromatic heterocycles. The second-order valence-electron chi connectivity index (χ2n) is 6.01. The molecular weight excluding hydrogens is 248 g/mol.